The molecule has 145 heavy (non-hydrogen) atoms. The highest BCUT2D eigenvalue weighted by atomic mass is 35.5. The zero-order valence-electron chi connectivity index (χ0n) is 78.8. The van der Waals surface area contributed by atoms with Crippen LogP contribution in [0.5, 0.6) is 5.75 Å². The Hall–Kier alpha value is -15.6. The number of piperidine rings is 4. The first kappa shape index (κ1) is 91.9. The molecular weight excluding hydrogens is 1870 g/mol. The second kappa shape index (κ2) is 36.1. The number of carbonyl (C=O) groups excluding carboxylic acids is 1. The average Bonchev–Trinajstić information content (AvgIpc) is 1.53. The molecule has 0 amide bonds. The first-order valence-corrected chi connectivity index (χ1v) is 48.8. The number of pyridine rings is 3. The molecule has 4 saturated carbocycles. The van der Waals surface area contributed by atoms with Gasteiger partial charge in [0.15, 0.2) is 11.6 Å². The number of halogens is 7. The second-order valence-corrected chi connectivity index (χ2v) is 39.1. The van der Waals surface area contributed by atoms with Crippen LogP contribution >= 0.6 is 11.6 Å². The Bertz CT molecular complexity index is 8330. The highest BCUT2D eigenvalue weighted by molar-refractivity contribution is 6.34. The summed E-state index contributed by atoms with van der Waals surface area (Å²) in [6, 6.07) is 50.7. The molecule has 31 nitrogen and oxygen atoms in total. The second-order valence-electron chi connectivity index (χ2n) is 38.7. The molecule has 4 aliphatic carbocycles. The number of H-pyrrole nitrogens is 4. The zero-order chi connectivity index (χ0) is 99.2. The number of imidazole rings is 1. The van der Waals surface area contributed by atoms with Crippen molar-refractivity contribution in [3.63, 3.8) is 0 Å². The maximum absolute atomic E-state index is 14.9. The minimum atomic E-state index is -0.522. The van der Waals surface area contributed by atoms with Crippen LogP contribution in [0, 0.1) is 89.2 Å². The molecule has 12 atom stereocenters. The molecule has 8 fully saturated rings. The highest BCUT2D eigenvalue weighted by Gasteiger charge is 2.70. The standard InChI is InChI=1S/C28H25F2N7O.C28H25F2N7.C26H24ClFN6O2.C25H23FN8/c1-38-26-21(30)11-16(15-5-4-9-32-24(15)26)23-25-27(36-35-23)34-22(12-33-25)37-10-8-17-19(13-37)28(17,14-31)18-6-2-3-7-20(18)29;1-15-6-7-16-17(8-9-22(30)24(16)33-15)25-26-27(36-35-25)34-23(12-32-26)37-11-10-18-20(13-37)28(18,14-31)19-4-2-3-5-21(19)29;1-36-25(35)14-6-7-15(19(27)10-14)22-23-24(33-32-22)31-21(11-30-23)34-9-8-16-18(12-34)26(16,13-29)17-4-2-3-5-20(17)28;26-18-6-2-1-5-16(18)25(14-27)15-8-10-33(13-17(15)25)21-12-29-23-22(31-32-24(23)30-21)19-11-28-20-7-3-4-9-34(19)20/h2-7,9,11-12,17,19H,8,10,13-14,31H2,1H3,(H,34,35,36);2-9,12,18,20H,10-11,13-14,31H2,1H3,(H,34,35,36);2-7,10-11,16,18H,8-9,12-13,29H2,1H3,(H,31,32,33);1-7,9,11-12,15,17H,8,10,13-14,27H2,(H,30,31,32)/t17-,19+,28-;18-,20+,28-;16-,18+,26-;15-,17+,25-/m1111/s1. The third-order valence-electron chi connectivity index (χ3n) is 32.3. The van der Waals surface area contributed by atoms with E-state index in [9.17, 15) is 31.1 Å². The van der Waals surface area contributed by atoms with Gasteiger partial charge in [-0.25, -0.2) is 76.0 Å². The summed E-state index contributed by atoms with van der Waals surface area (Å²) in [6.07, 6.45) is 16.0. The number of hydrogen-bond donors (Lipinski definition) is 8. The number of rotatable bonds is 18. The summed E-state index contributed by atoms with van der Waals surface area (Å²) in [5, 5.41) is 31.5. The fourth-order valence-electron chi connectivity index (χ4n) is 25.0. The quantitative estimate of drug-likeness (QED) is 0.0292. The van der Waals surface area contributed by atoms with E-state index in [2.05, 4.69) is 85.3 Å². The summed E-state index contributed by atoms with van der Waals surface area (Å²) in [5.41, 5.74) is 39.2. The number of carbonyl (C=O) groups is 1. The first-order valence-electron chi connectivity index (χ1n) is 48.4. The van der Waals surface area contributed by atoms with E-state index in [-0.39, 0.29) is 74.2 Å². The number of aromatic amines is 4. The van der Waals surface area contributed by atoms with Crippen molar-refractivity contribution in [3.8, 4) is 50.9 Å². The van der Waals surface area contributed by atoms with Crippen LogP contribution in [0.2, 0.25) is 5.02 Å². The number of benzene rings is 7. The highest BCUT2D eigenvalue weighted by Crippen LogP contribution is 2.67. The maximum atomic E-state index is 14.9. The molecule has 8 aliphatic rings. The van der Waals surface area contributed by atoms with Crippen LogP contribution in [0.25, 0.3) is 117 Å². The molecule has 12 aromatic heterocycles. The molecule has 0 bridgehead atoms. The Morgan fingerprint density at radius 3 is 1.21 bits per heavy atom. The summed E-state index contributed by atoms with van der Waals surface area (Å²) in [6.45, 7) is 9.68. The fourth-order valence-corrected chi connectivity index (χ4v) is 25.3. The molecule has 0 unspecified atom stereocenters. The summed E-state index contributed by atoms with van der Waals surface area (Å²) in [5.74, 6) is 3.49. The Balaban J connectivity index is 0.000000104. The van der Waals surface area contributed by atoms with E-state index >= 15 is 0 Å². The average molecular weight is 1970 g/mol. The van der Waals surface area contributed by atoms with Crippen molar-refractivity contribution < 1.29 is 40.6 Å². The lowest BCUT2D eigenvalue weighted by molar-refractivity contribution is 0.0600. The minimum absolute atomic E-state index is 0.0916. The molecule has 4 aliphatic heterocycles. The Kier molecular flexibility index (Phi) is 22.9. The van der Waals surface area contributed by atoms with Gasteiger partial charge in [-0.15, -0.1) is 0 Å². The van der Waals surface area contributed by atoms with Gasteiger partial charge in [0.1, 0.15) is 96.8 Å². The normalized spacial score (nSPS) is 23.1. The lowest BCUT2D eigenvalue weighted by atomic mass is 9.91. The van der Waals surface area contributed by atoms with Gasteiger partial charge in [-0.3, -0.25) is 34.8 Å². The molecule has 16 heterocycles. The van der Waals surface area contributed by atoms with Crippen LogP contribution < -0.4 is 47.3 Å². The number of nitrogens with zero attached hydrogens (tertiary/aromatic N) is 20. The summed E-state index contributed by atoms with van der Waals surface area (Å²) >= 11 is 6.45. The number of hydrogen-bond acceptors (Lipinski definition) is 26. The third kappa shape index (κ3) is 15.0. The molecule has 19 aromatic rings. The molecule has 4 saturated heterocycles. The van der Waals surface area contributed by atoms with Crippen LogP contribution in [-0.4, -0.2) is 199 Å². The topological polar surface area (TPSA) is 413 Å². The van der Waals surface area contributed by atoms with E-state index < -0.39 is 11.8 Å². The van der Waals surface area contributed by atoms with E-state index in [0.29, 0.717) is 179 Å². The summed E-state index contributed by atoms with van der Waals surface area (Å²) in [4.78, 5) is 71.6. The van der Waals surface area contributed by atoms with Crippen molar-refractivity contribution in [2.24, 2.45) is 70.3 Å². The smallest absolute Gasteiger partial charge is 0.337 e. The number of nitrogens with two attached hydrogens (primary N) is 4. The van der Waals surface area contributed by atoms with Crippen molar-refractivity contribution >= 4 is 113 Å². The van der Waals surface area contributed by atoms with Crippen LogP contribution in [0.4, 0.5) is 49.6 Å². The Morgan fingerprint density at radius 1 is 0.393 bits per heavy atom. The van der Waals surface area contributed by atoms with Gasteiger partial charge in [-0.1, -0.05) is 109 Å². The van der Waals surface area contributed by atoms with Gasteiger partial charge in [0.05, 0.1) is 78.6 Å². The van der Waals surface area contributed by atoms with Crippen molar-refractivity contribution in [2.45, 2.75) is 54.3 Å². The molecular formula is C107H97ClF6N28O3. The molecule has 732 valence electrons. The van der Waals surface area contributed by atoms with E-state index in [1.54, 1.807) is 85.6 Å². The van der Waals surface area contributed by atoms with E-state index in [4.69, 9.17) is 73.9 Å². The molecule has 7 aromatic carbocycles. The van der Waals surface area contributed by atoms with Crippen molar-refractivity contribution in [1.82, 2.24) is 100 Å². The van der Waals surface area contributed by atoms with Gasteiger partial charge in [-0.05, 0) is 181 Å². The fraction of sp³-hybridized carbons (Fsp3) is 0.290. The predicted molar refractivity (Wildman–Crippen MR) is 539 cm³/mol. The predicted octanol–water partition coefficient (Wildman–Crippen LogP) is 15.8. The SMILES string of the molecule is COC(=O)c1ccc(-c2[nH]nc3nc(N4CC[C@@H]5[C@H](C4)[C@@]5(CN)c4ccccc4F)cnc23)c(Cl)c1.COc1c(F)cc(-c2[nH]nc3nc(N4CC[C@@H]5[C@H](C4)[C@@]5(CN)c4ccccc4F)cnc23)c2cccnc12.Cc1ccc2c(-c3[nH]nc4nc(N5CC[C@@H]6[C@H](C5)[C@@]6(CN)c5ccccc5F)cnc34)ccc(F)c2n1.NC[C@]1(c2ccccc2F)[C@@H]2CCN(c3cnc4c(-c5cnc6ccccn56)[nH]nc4n3)C[C@@H]21. The van der Waals surface area contributed by atoms with Crippen LogP contribution in [0.15, 0.2) is 219 Å². The molecule has 0 spiro atoms. The van der Waals surface area contributed by atoms with Gasteiger partial charge < -0.3 is 52.0 Å². The largest absolute Gasteiger partial charge is 0.491 e. The van der Waals surface area contributed by atoms with E-state index in [1.165, 1.54) is 50.6 Å². The van der Waals surface area contributed by atoms with Gasteiger partial charge >= 0.3 is 5.97 Å². The van der Waals surface area contributed by atoms with Crippen molar-refractivity contribution in [2.75, 3.05) is 112 Å². The monoisotopic (exact) mass is 1970 g/mol. The van der Waals surface area contributed by atoms with Gasteiger partial charge in [0.2, 0.25) is 22.6 Å². The van der Waals surface area contributed by atoms with Crippen molar-refractivity contribution in [1.29, 1.82) is 0 Å². The van der Waals surface area contributed by atoms with E-state index in [0.717, 1.165) is 134 Å². The number of nitrogens with one attached hydrogen (secondary N) is 4. The lowest BCUT2D eigenvalue weighted by Crippen LogP contribution is -2.32. The van der Waals surface area contributed by atoms with Crippen molar-refractivity contribution in [3.05, 3.63) is 293 Å². The van der Waals surface area contributed by atoms with Gasteiger partial charge in [0, 0.05) is 146 Å². The number of esters is 1. The molecule has 38 heteroatoms. The third-order valence-corrected chi connectivity index (χ3v) is 32.6. The Labute approximate surface area is 829 Å². The number of methoxy groups -OCH3 is 2. The molecule has 0 radical (unpaired) electrons. The van der Waals surface area contributed by atoms with Crippen LogP contribution in [0.3, 0.4) is 0 Å². The van der Waals surface area contributed by atoms with Crippen LogP contribution in [-0.2, 0) is 26.4 Å². The van der Waals surface area contributed by atoms with E-state index in [1.807, 2.05) is 109 Å². The van der Waals surface area contributed by atoms with Gasteiger partial charge in [-0.2, -0.15) is 20.4 Å². The zero-order valence-corrected chi connectivity index (χ0v) is 79.6. The molecule has 12 N–H and O–H groups in total. The van der Waals surface area contributed by atoms with Gasteiger partial charge in [0.25, 0.3) is 0 Å². The minimum Gasteiger partial charge on any atom is -0.491 e. The number of anilines is 4. The number of ether oxygens (including phenoxy) is 2. The molecule has 27 rings (SSSR count). The number of aryl methyl sites for hydroxylation is 1. The number of aromatic nitrogens is 20. The first-order chi connectivity index (χ1) is 70.7. The summed E-state index contributed by atoms with van der Waals surface area (Å²) in [7, 11) is 2.74. The number of fused-ring (bicyclic) bond motifs is 11. The maximum Gasteiger partial charge on any atom is 0.337 e. The lowest BCUT2D eigenvalue weighted by Gasteiger charge is -2.26. The summed E-state index contributed by atoms with van der Waals surface area (Å²) < 4.78 is 100. The van der Waals surface area contributed by atoms with Crippen LogP contribution in [0.1, 0.15) is 64.0 Å². The Morgan fingerprint density at radius 2 is 0.793 bits per heavy atom.